The van der Waals surface area contributed by atoms with Crippen LogP contribution in [0.2, 0.25) is 0 Å². The number of esters is 1. The lowest BCUT2D eigenvalue weighted by Gasteiger charge is -2.04. The third-order valence-corrected chi connectivity index (χ3v) is 2.55. The molecule has 0 N–H and O–H groups in total. The fourth-order valence-electron chi connectivity index (χ4n) is 1.55. The van der Waals surface area contributed by atoms with Crippen molar-refractivity contribution in [3.8, 4) is 11.8 Å². The highest BCUT2D eigenvalue weighted by Gasteiger charge is 2.10. The van der Waals surface area contributed by atoms with Crippen molar-refractivity contribution in [1.29, 1.82) is 5.26 Å². The number of unbranched alkanes of at least 4 members (excludes halogenated alkanes) is 1. The first-order valence-electron chi connectivity index (χ1n) is 6.73. The fourth-order valence-corrected chi connectivity index (χ4v) is 1.55. The molecule has 0 radical (unpaired) electrons. The van der Waals surface area contributed by atoms with Gasteiger partial charge in [-0.05, 0) is 37.1 Å². The Hall–Kier alpha value is -2.28. The Balaban J connectivity index is 2.80. The monoisotopic (exact) mass is 273 g/mol. The SMILES string of the molecule is CCCCOC(=O)C(C#N)=Cc1cccc(OCC)c1. The van der Waals surface area contributed by atoms with Crippen LogP contribution in [0.15, 0.2) is 29.8 Å². The molecule has 0 fully saturated rings. The lowest BCUT2D eigenvalue weighted by molar-refractivity contribution is -0.138. The summed E-state index contributed by atoms with van der Waals surface area (Å²) in [7, 11) is 0. The van der Waals surface area contributed by atoms with E-state index in [2.05, 4.69) is 0 Å². The summed E-state index contributed by atoms with van der Waals surface area (Å²) >= 11 is 0. The predicted octanol–water partition coefficient (Wildman–Crippen LogP) is 3.34. The first kappa shape index (κ1) is 15.8. The second kappa shape index (κ2) is 8.76. The summed E-state index contributed by atoms with van der Waals surface area (Å²) in [6.45, 7) is 4.81. The molecule has 20 heavy (non-hydrogen) atoms. The van der Waals surface area contributed by atoms with Crippen molar-refractivity contribution in [3.05, 3.63) is 35.4 Å². The van der Waals surface area contributed by atoms with Gasteiger partial charge in [0.25, 0.3) is 0 Å². The van der Waals surface area contributed by atoms with Gasteiger partial charge in [0.05, 0.1) is 13.2 Å². The van der Waals surface area contributed by atoms with Gasteiger partial charge in [-0.2, -0.15) is 5.26 Å². The third-order valence-electron chi connectivity index (χ3n) is 2.55. The van der Waals surface area contributed by atoms with E-state index in [9.17, 15) is 4.79 Å². The van der Waals surface area contributed by atoms with Crippen LogP contribution in [0.5, 0.6) is 5.75 Å². The summed E-state index contributed by atoms with van der Waals surface area (Å²) in [4.78, 5) is 11.7. The van der Waals surface area contributed by atoms with Gasteiger partial charge in [0, 0.05) is 0 Å². The first-order chi connectivity index (χ1) is 9.71. The van der Waals surface area contributed by atoms with Crippen LogP contribution in [0, 0.1) is 11.3 Å². The maximum absolute atomic E-state index is 11.7. The number of carbonyl (C=O) groups is 1. The Labute approximate surface area is 119 Å². The number of rotatable bonds is 7. The van der Waals surface area contributed by atoms with Gasteiger partial charge >= 0.3 is 5.97 Å². The Morgan fingerprint density at radius 2 is 2.20 bits per heavy atom. The van der Waals surface area contributed by atoms with Crippen molar-refractivity contribution in [3.63, 3.8) is 0 Å². The molecule has 0 aliphatic rings. The van der Waals surface area contributed by atoms with E-state index in [1.54, 1.807) is 12.1 Å². The number of nitriles is 1. The van der Waals surface area contributed by atoms with Gasteiger partial charge in [0.15, 0.2) is 0 Å². The van der Waals surface area contributed by atoms with Crippen LogP contribution in [0.1, 0.15) is 32.3 Å². The highest BCUT2D eigenvalue weighted by atomic mass is 16.5. The highest BCUT2D eigenvalue weighted by Crippen LogP contribution is 2.16. The van der Waals surface area contributed by atoms with Crippen LogP contribution >= 0.6 is 0 Å². The Bertz CT molecular complexity index is 515. The Kier molecular flexibility index (Phi) is 6.91. The van der Waals surface area contributed by atoms with E-state index in [-0.39, 0.29) is 5.57 Å². The Morgan fingerprint density at radius 3 is 2.85 bits per heavy atom. The zero-order valence-corrected chi connectivity index (χ0v) is 11.9. The predicted molar refractivity (Wildman–Crippen MR) is 77.1 cm³/mol. The molecule has 0 atom stereocenters. The van der Waals surface area contributed by atoms with Crippen molar-refractivity contribution in [1.82, 2.24) is 0 Å². The molecule has 0 unspecified atom stereocenters. The van der Waals surface area contributed by atoms with Crippen molar-refractivity contribution in [2.45, 2.75) is 26.7 Å². The molecule has 0 aliphatic carbocycles. The van der Waals surface area contributed by atoms with Gasteiger partial charge in [-0.25, -0.2) is 4.79 Å². The average Bonchev–Trinajstić information content (AvgIpc) is 2.45. The zero-order chi connectivity index (χ0) is 14.8. The normalized spacial score (nSPS) is 10.8. The minimum absolute atomic E-state index is 0.00486. The summed E-state index contributed by atoms with van der Waals surface area (Å²) in [6, 6.07) is 9.10. The molecule has 0 saturated heterocycles. The second-order valence-electron chi connectivity index (χ2n) is 4.16. The molecule has 0 aliphatic heterocycles. The lowest BCUT2D eigenvalue weighted by Crippen LogP contribution is -2.07. The van der Waals surface area contributed by atoms with Crippen molar-refractivity contribution < 1.29 is 14.3 Å². The Morgan fingerprint density at radius 1 is 1.40 bits per heavy atom. The molecular weight excluding hydrogens is 254 g/mol. The van der Waals surface area contributed by atoms with Crippen LogP contribution in [0.3, 0.4) is 0 Å². The molecule has 1 rings (SSSR count). The number of benzene rings is 1. The van der Waals surface area contributed by atoms with Crippen LogP contribution in [-0.2, 0) is 9.53 Å². The van der Waals surface area contributed by atoms with E-state index < -0.39 is 5.97 Å². The van der Waals surface area contributed by atoms with Gasteiger partial charge in [0.1, 0.15) is 17.4 Å². The van der Waals surface area contributed by atoms with E-state index in [1.165, 1.54) is 6.08 Å². The largest absolute Gasteiger partial charge is 0.494 e. The summed E-state index contributed by atoms with van der Waals surface area (Å²) in [6.07, 6.45) is 3.25. The quantitative estimate of drug-likeness (QED) is 0.331. The molecule has 0 heterocycles. The topological polar surface area (TPSA) is 59.3 Å². The number of nitrogens with zero attached hydrogens (tertiary/aromatic N) is 1. The van der Waals surface area contributed by atoms with Crippen LogP contribution in [0.4, 0.5) is 0 Å². The van der Waals surface area contributed by atoms with E-state index >= 15 is 0 Å². The molecule has 1 aromatic rings. The minimum Gasteiger partial charge on any atom is -0.494 e. The molecule has 0 aromatic heterocycles. The van der Waals surface area contributed by atoms with E-state index in [4.69, 9.17) is 14.7 Å². The number of hydrogen-bond acceptors (Lipinski definition) is 4. The van der Waals surface area contributed by atoms with Crippen molar-refractivity contribution in [2.24, 2.45) is 0 Å². The van der Waals surface area contributed by atoms with Gasteiger partial charge in [-0.15, -0.1) is 0 Å². The van der Waals surface area contributed by atoms with Gasteiger partial charge in [0.2, 0.25) is 0 Å². The summed E-state index contributed by atoms with van der Waals surface area (Å²) in [5, 5.41) is 9.04. The van der Waals surface area contributed by atoms with Crippen LogP contribution in [0.25, 0.3) is 6.08 Å². The summed E-state index contributed by atoms with van der Waals surface area (Å²) in [5.41, 5.74) is 0.731. The van der Waals surface area contributed by atoms with Gasteiger partial charge in [-0.3, -0.25) is 0 Å². The van der Waals surface area contributed by atoms with Crippen LogP contribution in [-0.4, -0.2) is 19.2 Å². The van der Waals surface area contributed by atoms with Crippen molar-refractivity contribution >= 4 is 12.0 Å². The van der Waals surface area contributed by atoms with Crippen LogP contribution < -0.4 is 4.74 Å². The molecule has 0 saturated carbocycles. The standard InChI is InChI=1S/C16H19NO3/c1-3-5-9-20-16(18)14(12-17)10-13-7-6-8-15(11-13)19-4-2/h6-8,10-11H,3-5,9H2,1-2H3. The molecule has 0 amide bonds. The molecule has 4 nitrogen and oxygen atoms in total. The minimum atomic E-state index is -0.581. The molecule has 4 heteroatoms. The molecule has 1 aromatic carbocycles. The lowest BCUT2D eigenvalue weighted by atomic mass is 10.1. The van der Waals surface area contributed by atoms with Crippen molar-refractivity contribution in [2.75, 3.05) is 13.2 Å². The van der Waals surface area contributed by atoms with E-state index in [0.717, 1.165) is 18.4 Å². The number of ether oxygens (including phenoxy) is 2. The summed E-state index contributed by atoms with van der Waals surface area (Å²) < 4.78 is 10.4. The van der Waals surface area contributed by atoms with E-state index in [1.807, 2.05) is 32.0 Å². The van der Waals surface area contributed by atoms with E-state index in [0.29, 0.717) is 19.0 Å². The fraction of sp³-hybridized carbons (Fsp3) is 0.375. The highest BCUT2D eigenvalue weighted by molar-refractivity contribution is 5.97. The van der Waals surface area contributed by atoms with Gasteiger partial charge in [-0.1, -0.05) is 25.5 Å². The molecule has 0 spiro atoms. The average molecular weight is 273 g/mol. The number of hydrogen-bond donors (Lipinski definition) is 0. The van der Waals surface area contributed by atoms with Gasteiger partial charge < -0.3 is 9.47 Å². The molecule has 0 bridgehead atoms. The maximum Gasteiger partial charge on any atom is 0.348 e. The maximum atomic E-state index is 11.7. The first-order valence-corrected chi connectivity index (χ1v) is 6.73. The zero-order valence-electron chi connectivity index (χ0n) is 11.9. The third kappa shape index (κ3) is 5.15. The number of carbonyl (C=O) groups excluding carboxylic acids is 1. The molecular formula is C16H19NO3. The summed E-state index contributed by atoms with van der Waals surface area (Å²) in [5.74, 6) is 0.126. The smallest absolute Gasteiger partial charge is 0.348 e. The second-order valence-corrected chi connectivity index (χ2v) is 4.16. The molecule has 106 valence electrons.